The Kier molecular flexibility index (Phi) is 5.77. The molecule has 4 heterocycles. The Morgan fingerprint density at radius 3 is 2.82 bits per heavy atom. The lowest BCUT2D eigenvalue weighted by atomic mass is 9.83. The van der Waals surface area contributed by atoms with Crippen molar-refractivity contribution in [2.45, 2.75) is 45.2 Å². The predicted molar refractivity (Wildman–Crippen MR) is 126 cm³/mol. The Bertz CT molecular complexity index is 1390. The summed E-state index contributed by atoms with van der Waals surface area (Å²) < 4.78 is 12.2. The van der Waals surface area contributed by atoms with Crippen LogP contribution in [0, 0.1) is 12.8 Å². The van der Waals surface area contributed by atoms with Crippen molar-refractivity contribution < 1.29 is 19.1 Å². The standard InChI is InChI=1S/C26H28N2O6/c1-15-8-24(31)34-26-19(15)10-17(6-7-23(30)33-2)25(32)20(26)14-27-11-16-9-18(13-27)21-4-3-5-22(29)28(21)12-16/h3-5,8,10,16,18,32H,6-7,9,11-14H2,1-2H3/t16-,18+/m1/s1. The molecule has 8 heteroatoms. The van der Waals surface area contributed by atoms with Gasteiger partial charge in [-0.1, -0.05) is 6.07 Å². The van der Waals surface area contributed by atoms with E-state index in [0.717, 1.165) is 36.2 Å². The van der Waals surface area contributed by atoms with E-state index in [4.69, 9.17) is 9.15 Å². The molecule has 2 aromatic heterocycles. The lowest BCUT2D eigenvalue weighted by Gasteiger charge is -2.42. The van der Waals surface area contributed by atoms with Crippen LogP contribution in [0.25, 0.3) is 11.0 Å². The number of hydrogen-bond donors (Lipinski definition) is 1. The molecule has 34 heavy (non-hydrogen) atoms. The first-order valence-electron chi connectivity index (χ1n) is 11.6. The lowest BCUT2D eigenvalue weighted by Crippen LogP contribution is -2.46. The SMILES string of the molecule is COC(=O)CCc1cc2c(C)cc(=O)oc2c(CN2C[C@H]3C[C@@H](C2)c2cccc(=O)n2C3)c1O. The van der Waals surface area contributed by atoms with Gasteiger partial charge in [-0.15, -0.1) is 0 Å². The van der Waals surface area contributed by atoms with Gasteiger partial charge in [0.05, 0.1) is 12.7 Å². The molecule has 178 valence electrons. The smallest absolute Gasteiger partial charge is 0.336 e. The van der Waals surface area contributed by atoms with Gasteiger partial charge in [0.25, 0.3) is 5.56 Å². The highest BCUT2D eigenvalue weighted by atomic mass is 16.5. The number of aryl methyl sites for hydroxylation is 2. The monoisotopic (exact) mass is 464 g/mol. The minimum absolute atomic E-state index is 0.0415. The van der Waals surface area contributed by atoms with Crippen LogP contribution in [0.15, 0.2) is 44.3 Å². The van der Waals surface area contributed by atoms with Gasteiger partial charge in [-0.2, -0.15) is 0 Å². The molecule has 2 aliphatic heterocycles. The number of carbonyl (C=O) groups is 1. The van der Waals surface area contributed by atoms with Crippen molar-refractivity contribution >= 4 is 16.9 Å². The molecule has 5 rings (SSSR count). The van der Waals surface area contributed by atoms with E-state index in [-0.39, 0.29) is 29.6 Å². The average molecular weight is 465 g/mol. The second kappa shape index (κ2) is 8.76. The second-order valence-corrected chi connectivity index (χ2v) is 9.46. The maximum atomic E-state index is 12.3. The molecular formula is C26H28N2O6. The normalized spacial score (nSPS) is 19.7. The van der Waals surface area contributed by atoms with Gasteiger partial charge in [-0.05, 0) is 48.9 Å². The van der Waals surface area contributed by atoms with Crippen molar-refractivity contribution in [2.75, 3.05) is 20.2 Å². The number of esters is 1. The molecule has 1 fully saturated rings. The summed E-state index contributed by atoms with van der Waals surface area (Å²) in [7, 11) is 1.34. The molecule has 0 saturated carbocycles. The Hall–Kier alpha value is -3.39. The van der Waals surface area contributed by atoms with Crippen LogP contribution in [0.1, 0.15) is 41.1 Å². The number of methoxy groups -OCH3 is 1. The number of phenolic OH excluding ortho intramolecular Hbond substituents is 1. The molecule has 2 bridgehead atoms. The van der Waals surface area contributed by atoms with Gasteiger partial charge >= 0.3 is 11.6 Å². The Labute approximate surface area is 196 Å². The van der Waals surface area contributed by atoms with Crippen molar-refractivity contribution in [1.82, 2.24) is 9.47 Å². The Morgan fingerprint density at radius 2 is 2.03 bits per heavy atom. The molecular weight excluding hydrogens is 436 g/mol. The minimum atomic E-state index is -0.461. The number of pyridine rings is 1. The molecule has 1 N–H and O–H groups in total. The van der Waals surface area contributed by atoms with E-state index in [0.29, 0.717) is 42.1 Å². The predicted octanol–water partition coefficient (Wildman–Crippen LogP) is 2.69. The number of carbonyl (C=O) groups excluding carboxylic acids is 1. The molecule has 0 spiro atoms. The Morgan fingerprint density at radius 1 is 1.21 bits per heavy atom. The van der Waals surface area contributed by atoms with Crippen LogP contribution in [0.5, 0.6) is 5.75 Å². The van der Waals surface area contributed by atoms with E-state index in [1.807, 2.05) is 23.6 Å². The highest BCUT2D eigenvalue weighted by Gasteiger charge is 2.35. The largest absolute Gasteiger partial charge is 0.507 e. The summed E-state index contributed by atoms with van der Waals surface area (Å²) in [5, 5.41) is 11.9. The van der Waals surface area contributed by atoms with Crippen molar-refractivity contribution in [3.8, 4) is 5.75 Å². The summed E-state index contributed by atoms with van der Waals surface area (Å²) in [4.78, 5) is 38.5. The molecule has 1 saturated heterocycles. The first-order valence-corrected chi connectivity index (χ1v) is 11.6. The fraction of sp³-hybridized carbons (Fsp3) is 0.423. The third-order valence-electron chi connectivity index (χ3n) is 7.15. The number of piperidine rings is 1. The zero-order valence-corrected chi connectivity index (χ0v) is 19.4. The van der Waals surface area contributed by atoms with E-state index in [1.54, 1.807) is 12.1 Å². The molecule has 2 aliphatic rings. The maximum absolute atomic E-state index is 12.3. The molecule has 3 aromatic rings. The van der Waals surface area contributed by atoms with Gasteiger partial charge in [0, 0.05) is 61.7 Å². The molecule has 8 nitrogen and oxygen atoms in total. The summed E-state index contributed by atoms with van der Waals surface area (Å²) in [6, 6.07) is 8.68. The zero-order chi connectivity index (χ0) is 24.0. The summed E-state index contributed by atoms with van der Waals surface area (Å²) in [5.74, 6) is 0.259. The van der Waals surface area contributed by atoms with Gasteiger partial charge in [0.2, 0.25) is 0 Å². The molecule has 0 radical (unpaired) electrons. The van der Waals surface area contributed by atoms with Gasteiger partial charge in [0.1, 0.15) is 11.3 Å². The third kappa shape index (κ3) is 4.03. The number of ether oxygens (including phenoxy) is 1. The number of rotatable bonds is 5. The highest BCUT2D eigenvalue weighted by molar-refractivity contribution is 5.86. The number of phenols is 1. The molecule has 2 atom stereocenters. The number of benzene rings is 1. The van der Waals surface area contributed by atoms with Crippen LogP contribution >= 0.6 is 0 Å². The average Bonchev–Trinajstić information content (AvgIpc) is 2.80. The van der Waals surface area contributed by atoms with Crippen molar-refractivity contribution in [2.24, 2.45) is 5.92 Å². The quantitative estimate of drug-likeness (QED) is 0.458. The van der Waals surface area contributed by atoms with Crippen LogP contribution in [-0.4, -0.2) is 40.7 Å². The number of aromatic nitrogens is 1. The highest BCUT2D eigenvalue weighted by Crippen LogP contribution is 2.38. The second-order valence-electron chi connectivity index (χ2n) is 9.46. The van der Waals surface area contributed by atoms with Crippen molar-refractivity contribution in [3.63, 3.8) is 0 Å². The van der Waals surface area contributed by atoms with Crippen molar-refractivity contribution in [3.05, 3.63) is 73.5 Å². The van der Waals surface area contributed by atoms with E-state index in [1.165, 1.54) is 13.2 Å². The molecule has 0 aliphatic carbocycles. The summed E-state index contributed by atoms with van der Waals surface area (Å²) in [5.41, 5.74) is 2.96. The first-order chi connectivity index (χ1) is 16.3. The fourth-order valence-electron chi connectivity index (χ4n) is 5.59. The van der Waals surface area contributed by atoms with Gasteiger partial charge < -0.3 is 18.8 Å². The molecule has 0 amide bonds. The van der Waals surface area contributed by atoms with Crippen LogP contribution < -0.4 is 11.2 Å². The van der Waals surface area contributed by atoms with Gasteiger partial charge in [-0.25, -0.2) is 4.79 Å². The number of hydrogen-bond acceptors (Lipinski definition) is 7. The number of aromatic hydroxyl groups is 1. The Balaban J connectivity index is 1.52. The van der Waals surface area contributed by atoms with Crippen LogP contribution in [0.4, 0.5) is 0 Å². The van der Waals surface area contributed by atoms with E-state index >= 15 is 0 Å². The number of likely N-dealkylation sites (tertiary alicyclic amines) is 1. The van der Waals surface area contributed by atoms with Crippen molar-refractivity contribution in [1.29, 1.82) is 0 Å². The summed E-state index contributed by atoms with van der Waals surface area (Å²) >= 11 is 0. The lowest BCUT2D eigenvalue weighted by molar-refractivity contribution is -0.140. The van der Waals surface area contributed by atoms with E-state index in [2.05, 4.69) is 4.90 Å². The third-order valence-corrected chi connectivity index (χ3v) is 7.15. The molecule has 1 aromatic carbocycles. The first kappa shape index (κ1) is 22.4. The topological polar surface area (TPSA) is 102 Å². The van der Waals surface area contributed by atoms with Crippen LogP contribution in [-0.2, 0) is 29.0 Å². The van der Waals surface area contributed by atoms with Gasteiger partial charge in [-0.3, -0.25) is 14.5 Å². The minimum Gasteiger partial charge on any atom is -0.507 e. The summed E-state index contributed by atoms with van der Waals surface area (Å²) in [6.45, 7) is 4.45. The summed E-state index contributed by atoms with van der Waals surface area (Å²) in [6.07, 6.45) is 1.49. The number of fused-ring (bicyclic) bond motifs is 5. The van der Waals surface area contributed by atoms with E-state index < -0.39 is 5.63 Å². The van der Waals surface area contributed by atoms with Gasteiger partial charge in [0.15, 0.2) is 0 Å². The zero-order valence-electron chi connectivity index (χ0n) is 19.4. The van der Waals surface area contributed by atoms with Crippen LogP contribution in [0.3, 0.4) is 0 Å². The fourth-order valence-corrected chi connectivity index (χ4v) is 5.59. The number of nitrogens with zero attached hydrogens (tertiary/aromatic N) is 2. The van der Waals surface area contributed by atoms with E-state index in [9.17, 15) is 19.5 Å². The van der Waals surface area contributed by atoms with Crippen LogP contribution in [0.2, 0.25) is 0 Å². The maximum Gasteiger partial charge on any atom is 0.336 e. The molecule has 0 unspecified atom stereocenters.